The smallest absolute Gasteiger partial charge is 0.173 e. The molecule has 0 aliphatic heterocycles. The molecule has 0 spiro atoms. The molecule has 0 unspecified atom stereocenters. The highest BCUT2D eigenvalue weighted by atomic mass is 19.1. The number of hydrogen-bond donors (Lipinski definition) is 1. The topological polar surface area (TPSA) is 55.6 Å². The minimum absolute atomic E-state index is 0.0263. The monoisotopic (exact) mass is 311 g/mol. The summed E-state index contributed by atoms with van der Waals surface area (Å²) in [6.45, 7) is 3.98. The van der Waals surface area contributed by atoms with E-state index in [1.54, 1.807) is 10.7 Å². The van der Waals surface area contributed by atoms with Crippen LogP contribution in [0.2, 0.25) is 0 Å². The molecule has 118 valence electrons. The fourth-order valence-corrected chi connectivity index (χ4v) is 2.54. The molecule has 3 aromatic rings. The standard InChI is InChI=1S/C17H18FN5/c1-12(14-7-6-8-15(18)11-14)19-13(2)17-20-21-22-23(17)16-9-4-3-5-10-16/h3-13,19H,1-2H3/t12-,13+/m0/s1. The summed E-state index contributed by atoms with van der Waals surface area (Å²) in [5, 5.41) is 15.4. The van der Waals surface area contributed by atoms with E-state index in [4.69, 9.17) is 0 Å². The van der Waals surface area contributed by atoms with Crippen LogP contribution in [0.1, 0.15) is 37.3 Å². The van der Waals surface area contributed by atoms with Crippen molar-refractivity contribution < 1.29 is 4.39 Å². The molecule has 0 saturated heterocycles. The summed E-state index contributed by atoms with van der Waals surface area (Å²) in [4.78, 5) is 0. The predicted octanol–water partition coefficient (Wildman–Crippen LogP) is 3.21. The highest BCUT2D eigenvalue weighted by Gasteiger charge is 2.18. The third kappa shape index (κ3) is 3.43. The Morgan fingerprint density at radius 3 is 2.52 bits per heavy atom. The summed E-state index contributed by atoms with van der Waals surface area (Å²) in [6, 6.07) is 16.2. The highest BCUT2D eigenvalue weighted by molar-refractivity contribution is 5.31. The molecular weight excluding hydrogens is 293 g/mol. The average molecular weight is 311 g/mol. The molecule has 0 aliphatic carbocycles. The first kappa shape index (κ1) is 15.3. The maximum Gasteiger partial charge on any atom is 0.173 e. The third-order valence-corrected chi connectivity index (χ3v) is 3.73. The zero-order valence-electron chi connectivity index (χ0n) is 13.0. The fraction of sp³-hybridized carbons (Fsp3) is 0.235. The lowest BCUT2D eigenvalue weighted by Crippen LogP contribution is -2.25. The average Bonchev–Trinajstić information content (AvgIpc) is 3.05. The van der Waals surface area contributed by atoms with Crippen LogP contribution in [-0.2, 0) is 0 Å². The van der Waals surface area contributed by atoms with Crippen LogP contribution >= 0.6 is 0 Å². The Kier molecular flexibility index (Phi) is 4.43. The van der Waals surface area contributed by atoms with Crippen molar-refractivity contribution in [2.45, 2.75) is 25.9 Å². The first-order chi connectivity index (χ1) is 11.1. The number of nitrogens with zero attached hydrogens (tertiary/aromatic N) is 4. The van der Waals surface area contributed by atoms with Gasteiger partial charge in [-0.3, -0.25) is 0 Å². The minimum atomic E-state index is -0.238. The van der Waals surface area contributed by atoms with Crippen LogP contribution in [0, 0.1) is 5.82 Å². The summed E-state index contributed by atoms with van der Waals surface area (Å²) in [5.41, 5.74) is 1.79. The van der Waals surface area contributed by atoms with Gasteiger partial charge in [0, 0.05) is 6.04 Å². The van der Waals surface area contributed by atoms with Crippen LogP contribution in [0.5, 0.6) is 0 Å². The first-order valence-corrected chi connectivity index (χ1v) is 7.50. The van der Waals surface area contributed by atoms with Crippen LogP contribution in [-0.4, -0.2) is 20.2 Å². The van der Waals surface area contributed by atoms with Crippen molar-refractivity contribution in [3.05, 3.63) is 71.8 Å². The van der Waals surface area contributed by atoms with Gasteiger partial charge in [-0.15, -0.1) is 5.10 Å². The van der Waals surface area contributed by atoms with E-state index in [2.05, 4.69) is 20.8 Å². The highest BCUT2D eigenvalue weighted by Crippen LogP contribution is 2.20. The molecule has 0 bridgehead atoms. The van der Waals surface area contributed by atoms with Crippen molar-refractivity contribution in [3.63, 3.8) is 0 Å². The summed E-state index contributed by atoms with van der Waals surface area (Å²) < 4.78 is 15.1. The summed E-state index contributed by atoms with van der Waals surface area (Å²) >= 11 is 0. The second-order valence-electron chi connectivity index (χ2n) is 5.45. The zero-order chi connectivity index (χ0) is 16.2. The molecule has 0 radical (unpaired) electrons. The van der Waals surface area contributed by atoms with Gasteiger partial charge in [-0.1, -0.05) is 30.3 Å². The van der Waals surface area contributed by atoms with Gasteiger partial charge in [0.25, 0.3) is 0 Å². The van der Waals surface area contributed by atoms with Gasteiger partial charge in [0.1, 0.15) is 5.82 Å². The van der Waals surface area contributed by atoms with E-state index in [0.29, 0.717) is 5.82 Å². The van der Waals surface area contributed by atoms with Crippen molar-refractivity contribution in [2.24, 2.45) is 0 Å². The Bertz CT molecular complexity index is 771. The Hall–Kier alpha value is -2.60. The lowest BCUT2D eigenvalue weighted by atomic mass is 10.1. The normalized spacial score (nSPS) is 13.7. The molecule has 23 heavy (non-hydrogen) atoms. The molecule has 0 amide bonds. The van der Waals surface area contributed by atoms with Crippen molar-refractivity contribution in [2.75, 3.05) is 0 Å². The number of tetrazole rings is 1. The van der Waals surface area contributed by atoms with Gasteiger partial charge >= 0.3 is 0 Å². The van der Waals surface area contributed by atoms with Crippen molar-refractivity contribution in [1.29, 1.82) is 0 Å². The van der Waals surface area contributed by atoms with Gasteiger partial charge in [0.05, 0.1) is 11.7 Å². The minimum Gasteiger partial charge on any atom is -0.301 e. The Morgan fingerprint density at radius 2 is 1.78 bits per heavy atom. The molecular formula is C17H18FN5. The van der Waals surface area contributed by atoms with Crippen LogP contribution in [0.3, 0.4) is 0 Å². The lowest BCUT2D eigenvalue weighted by molar-refractivity contribution is 0.466. The molecule has 0 saturated carbocycles. The van der Waals surface area contributed by atoms with E-state index in [1.807, 2.05) is 50.2 Å². The van der Waals surface area contributed by atoms with E-state index in [0.717, 1.165) is 11.3 Å². The maximum atomic E-state index is 13.4. The second-order valence-corrected chi connectivity index (χ2v) is 5.45. The molecule has 1 N–H and O–H groups in total. The summed E-state index contributed by atoms with van der Waals surface area (Å²) in [7, 11) is 0. The van der Waals surface area contributed by atoms with Gasteiger partial charge in [-0.05, 0) is 54.1 Å². The number of nitrogens with one attached hydrogen (secondary N) is 1. The number of benzene rings is 2. The van der Waals surface area contributed by atoms with Gasteiger partial charge in [-0.25, -0.2) is 4.39 Å². The van der Waals surface area contributed by atoms with Gasteiger partial charge in [-0.2, -0.15) is 4.68 Å². The molecule has 2 aromatic carbocycles. The molecule has 2 atom stereocenters. The second kappa shape index (κ2) is 6.66. The number of hydrogen-bond acceptors (Lipinski definition) is 4. The van der Waals surface area contributed by atoms with Crippen LogP contribution in [0.15, 0.2) is 54.6 Å². The quantitative estimate of drug-likeness (QED) is 0.786. The molecule has 6 heteroatoms. The third-order valence-electron chi connectivity index (χ3n) is 3.73. The summed E-state index contributed by atoms with van der Waals surface area (Å²) in [6.07, 6.45) is 0. The largest absolute Gasteiger partial charge is 0.301 e. The molecule has 1 heterocycles. The van der Waals surface area contributed by atoms with Gasteiger partial charge in [0.2, 0.25) is 0 Å². The predicted molar refractivity (Wildman–Crippen MR) is 85.5 cm³/mol. The molecule has 0 aliphatic rings. The van der Waals surface area contributed by atoms with Crippen molar-refractivity contribution in [1.82, 2.24) is 25.5 Å². The molecule has 5 nitrogen and oxygen atoms in total. The fourth-order valence-electron chi connectivity index (χ4n) is 2.54. The van der Waals surface area contributed by atoms with Crippen LogP contribution in [0.25, 0.3) is 5.69 Å². The molecule has 3 rings (SSSR count). The zero-order valence-corrected chi connectivity index (χ0v) is 13.0. The van der Waals surface area contributed by atoms with Crippen molar-refractivity contribution in [3.8, 4) is 5.69 Å². The van der Waals surface area contributed by atoms with E-state index in [1.165, 1.54) is 12.1 Å². The number of halogens is 1. The first-order valence-electron chi connectivity index (χ1n) is 7.50. The van der Waals surface area contributed by atoms with E-state index >= 15 is 0 Å². The lowest BCUT2D eigenvalue weighted by Gasteiger charge is -2.20. The number of para-hydroxylation sites is 1. The Morgan fingerprint density at radius 1 is 1.00 bits per heavy atom. The Balaban J connectivity index is 1.79. The molecule has 1 aromatic heterocycles. The van der Waals surface area contributed by atoms with Gasteiger partial charge < -0.3 is 5.32 Å². The van der Waals surface area contributed by atoms with Gasteiger partial charge in [0.15, 0.2) is 5.82 Å². The number of rotatable bonds is 5. The molecule has 0 fully saturated rings. The maximum absolute atomic E-state index is 13.4. The van der Waals surface area contributed by atoms with E-state index < -0.39 is 0 Å². The SMILES string of the molecule is C[C@H](N[C@H](C)c1nnnn1-c1ccccc1)c1cccc(F)c1. The summed E-state index contributed by atoms with van der Waals surface area (Å²) in [5.74, 6) is 0.470. The van der Waals surface area contributed by atoms with Crippen LogP contribution in [0.4, 0.5) is 4.39 Å². The van der Waals surface area contributed by atoms with Crippen molar-refractivity contribution >= 4 is 0 Å². The van der Waals surface area contributed by atoms with E-state index in [9.17, 15) is 4.39 Å². The van der Waals surface area contributed by atoms with E-state index in [-0.39, 0.29) is 17.9 Å². The Labute approximate surface area is 134 Å². The van der Waals surface area contributed by atoms with Crippen LogP contribution < -0.4 is 5.32 Å². The number of aromatic nitrogens is 4.